The van der Waals surface area contributed by atoms with Crippen LogP contribution in [-0.2, 0) is 16.4 Å². The lowest BCUT2D eigenvalue weighted by molar-refractivity contribution is 0.226. The highest BCUT2D eigenvalue weighted by Crippen LogP contribution is 2.22. The van der Waals surface area contributed by atoms with Crippen LogP contribution in [0.3, 0.4) is 0 Å². The van der Waals surface area contributed by atoms with Gasteiger partial charge in [-0.2, -0.15) is 0 Å². The first-order valence-corrected chi connectivity index (χ1v) is 7.08. The zero-order chi connectivity index (χ0) is 12.5. The van der Waals surface area contributed by atoms with Gasteiger partial charge in [-0.3, -0.25) is 0 Å². The SMILES string of the molecule is O=S1(=O)CCC(Oc2cc(F)cc(CO)c2)C1. The Morgan fingerprint density at radius 3 is 2.76 bits per heavy atom. The fourth-order valence-electron chi connectivity index (χ4n) is 1.83. The molecule has 6 heteroatoms. The summed E-state index contributed by atoms with van der Waals surface area (Å²) in [5.41, 5.74) is 0.404. The van der Waals surface area contributed by atoms with E-state index in [-0.39, 0.29) is 23.9 Å². The highest BCUT2D eigenvalue weighted by molar-refractivity contribution is 7.91. The van der Waals surface area contributed by atoms with Gasteiger partial charge in [0.2, 0.25) is 0 Å². The first-order valence-electron chi connectivity index (χ1n) is 5.26. The summed E-state index contributed by atoms with van der Waals surface area (Å²) in [4.78, 5) is 0. The Morgan fingerprint density at radius 1 is 1.41 bits per heavy atom. The van der Waals surface area contributed by atoms with Crippen molar-refractivity contribution in [1.29, 1.82) is 0 Å². The van der Waals surface area contributed by atoms with E-state index >= 15 is 0 Å². The van der Waals surface area contributed by atoms with Crippen molar-refractivity contribution < 1.29 is 22.7 Å². The monoisotopic (exact) mass is 260 g/mol. The summed E-state index contributed by atoms with van der Waals surface area (Å²) in [6.07, 6.45) is 0.00108. The van der Waals surface area contributed by atoms with Crippen molar-refractivity contribution in [1.82, 2.24) is 0 Å². The number of sulfone groups is 1. The molecule has 1 aromatic carbocycles. The predicted molar refractivity (Wildman–Crippen MR) is 60.0 cm³/mol. The van der Waals surface area contributed by atoms with Crippen molar-refractivity contribution in [2.75, 3.05) is 11.5 Å². The summed E-state index contributed by atoms with van der Waals surface area (Å²) in [7, 11) is -3.01. The van der Waals surface area contributed by atoms with Crippen LogP contribution in [0.1, 0.15) is 12.0 Å². The van der Waals surface area contributed by atoms with E-state index in [1.165, 1.54) is 18.2 Å². The average Bonchev–Trinajstić information content (AvgIpc) is 2.57. The Bertz CT molecular complexity index is 512. The Morgan fingerprint density at radius 2 is 2.18 bits per heavy atom. The summed E-state index contributed by atoms with van der Waals surface area (Å²) >= 11 is 0. The number of benzene rings is 1. The summed E-state index contributed by atoms with van der Waals surface area (Å²) < 4.78 is 41.0. The van der Waals surface area contributed by atoms with Gasteiger partial charge in [0, 0.05) is 6.07 Å². The minimum Gasteiger partial charge on any atom is -0.489 e. The molecule has 0 aromatic heterocycles. The second-order valence-electron chi connectivity index (χ2n) is 4.10. The highest BCUT2D eigenvalue weighted by atomic mass is 32.2. The average molecular weight is 260 g/mol. The molecule has 1 atom stereocenters. The maximum atomic E-state index is 13.1. The predicted octanol–water partition coefficient (Wildman–Crippen LogP) is 0.884. The first kappa shape index (κ1) is 12.3. The van der Waals surface area contributed by atoms with Crippen LogP contribution in [0, 0.1) is 5.82 Å². The van der Waals surface area contributed by atoms with E-state index in [2.05, 4.69) is 0 Å². The Hall–Kier alpha value is -1.14. The maximum Gasteiger partial charge on any atom is 0.154 e. The molecule has 1 N–H and O–H groups in total. The third-order valence-corrected chi connectivity index (χ3v) is 4.34. The molecule has 1 saturated heterocycles. The number of ether oxygens (including phenoxy) is 1. The van der Waals surface area contributed by atoms with E-state index in [0.29, 0.717) is 12.0 Å². The van der Waals surface area contributed by atoms with Gasteiger partial charge >= 0.3 is 0 Å². The van der Waals surface area contributed by atoms with Crippen LogP contribution in [0.5, 0.6) is 5.75 Å². The largest absolute Gasteiger partial charge is 0.489 e. The molecule has 1 aromatic rings. The number of hydrogen-bond acceptors (Lipinski definition) is 4. The lowest BCUT2D eigenvalue weighted by atomic mass is 10.2. The molecular weight excluding hydrogens is 247 g/mol. The standard InChI is InChI=1S/C11H13FO4S/c12-9-3-8(6-13)4-11(5-9)16-10-1-2-17(14,15)7-10/h3-5,10,13H,1-2,6-7H2. The molecule has 1 heterocycles. The van der Waals surface area contributed by atoms with Crippen LogP contribution < -0.4 is 4.74 Å². The van der Waals surface area contributed by atoms with Gasteiger partial charge in [0.25, 0.3) is 0 Å². The summed E-state index contributed by atoms with van der Waals surface area (Å²) in [5.74, 6) is -0.166. The molecule has 4 nitrogen and oxygen atoms in total. The van der Waals surface area contributed by atoms with Gasteiger partial charge in [-0.15, -0.1) is 0 Å². The topological polar surface area (TPSA) is 63.6 Å². The number of rotatable bonds is 3. The first-order chi connectivity index (χ1) is 7.98. The molecule has 0 aliphatic carbocycles. The Balaban J connectivity index is 2.11. The fourth-order valence-corrected chi connectivity index (χ4v) is 3.42. The van der Waals surface area contributed by atoms with Gasteiger partial charge in [0.05, 0.1) is 18.1 Å². The zero-order valence-electron chi connectivity index (χ0n) is 9.10. The number of aliphatic hydroxyl groups is 1. The van der Waals surface area contributed by atoms with Gasteiger partial charge in [-0.05, 0) is 24.1 Å². The van der Waals surface area contributed by atoms with Gasteiger partial charge in [-0.1, -0.05) is 0 Å². The van der Waals surface area contributed by atoms with Crippen LogP contribution in [0.2, 0.25) is 0 Å². The molecule has 1 unspecified atom stereocenters. The second kappa shape index (κ2) is 4.62. The molecule has 0 saturated carbocycles. The molecule has 94 valence electrons. The molecule has 0 amide bonds. The van der Waals surface area contributed by atoms with Crippen LogP contribution in [0.4, 0.5) is 4.39 Å². The molecule has 0 bridgehead atoms. The quantitative estimate of drug-likeness (QED) is 0.876. The van der Waals surface area contributed by atoms with Gasteiger partial charge in [0.1, 0.15) is 17.7 Å². The molecule has 0 spiro atoms. The van der Waals surface area contributed by atoms with E-state index in [4.69, 9.17) is 9.84 Å². The van der Waals surface area contributed by atoms with Crippen LogP contribution in [0.15, 0.2) is 18.2 Å². The summed E-state index contributed by atoms with van der Waals surface area (Å²) in [5, 5.41) is 8.91. The number of aliphatic hydroxyl groups excluding tert-OH is 1. The smallest absolute Gasteiger partial charge is 0.154 e. The lowest BCUT2D eigenvalue weighted by Crippen LogP contribution is -2.17. The van der Waals surface area contributed by atoms with Crippen molar-refractivity contribution in [3.63, 3.8) is 0 Å². The normalized spacial score (nSPS) is 22.6. The third kappa shape index (κ3) is 3.17. The van der Waals surface area contributed by atoms with E-state index in [1.54, 1.807) is 0 Å². The molecule has 1 aliphatic heterocycles. The minimum atomic E-state index is -3.01. The fraction of sp³-hybridized carbons (Fsp3) is 0.455. The lowest BCUT2D eigenvalue weighted by Gasteiger charge is -2.12. The maximum absolute atomic E-state index is 13.1. The van der Waals surface area contributed by atoms with E-state index < -0.39 is 21.8 Å². The van der Waals surface area contributed by atoms with Gasteiger partial charge in [-0.25, -0.2) is 12.8 Å². The van der Waals surface area contributed by atoms with Crippen LogP contribution in [-0.4, -0.2) is 31.1 Å². The van der Waals surface area contributed by atoms with Crippen molar-refractivity contribution in [3.05, 3.63) is 29.6 Å². The second-order valence-corrected chi connectivity index (χ2v) is 6.32. The van der Waals surface area contributed by atoms with Gasteiger partial charge in [0.15, 0.2) is 9.84 Å². The molecule has 1 fully saturated rings. The van der Waals surface area contributed by atoms with Crippen molar-refractivity contribution in [3.8, 4) is 5.75 Å². The van der Waals surface area contributed by atoms with Crippen LogP contribution in [0.25, 0.3) is 0 Å². The minimum absolute atomic E-state index is 0.0298. The Labute approximate surface area is 98.9 Å². The van der Waals surface area contributed by atoms with Crippen molar-refractivity contribution in [2.24, 2.45) is 0 Å². The van der Waals surface area contributed by atoms with E-state index in [0.717, 1.165) is 0 Å². The van der Waals surface area contributed by atoms with E-state index in [9.17, 15) is 12.8 Å². The van der Waals surface area contributed by atoms with Crippen LogP contribution >= 0.6 is 0 Å². The molecular formula is C11H13FO4S. The summed E-state index contributed by atoms with van der Waals surface area (Å²) in [6.45, 7) is -0.281. The molecule has 17 heavy (non-hydrogen) atoms. The van der Waals surface area contributed by atoms with E-state index in [1.807, 2.05) is 0 Å². The van der Waals surface area contributed by atoms with Crippen molar-refractivity contribution in [2.45, 2.75) is 19.1 Å². The number of halogens is 1. The number of hydrogen-bond donors (Lipinski definition) is 1. The molecule has 0 radical (unpaired) electrons. The zero-order valence-corrected chi connectivity index (χ0v) is 9.91. The Kier molecular flexibility index (Phi) is 3.35. The third-order valence-electron chi connectivity index (χ3n) is 2.61. The molecule has 2 rings (SSSR count). The summed E-state index contributed by atoms with van der Waals surface area (Å²) in [6, 6.07) is 3.90. The van der Waals surface area contributed by atoms with Crippen molar-refractivity contribution >= 4 is 9.84 Å². The molecule has 1 aliphatic rings. The van der Waals surface area contributed by atoms with Gasteiger partial charge < -0.3 is 9.84 Å². The highest BCUT2D eigenvalue weighted by Gasteiger charge is 2.29.